The summed E-state index contributed by atoms with van der Waals surface area (Å²) in [6, 6.07) is 12.2. The van der Waals surface area contributed by atoms with Crippen molar-refractivity contribution < 1.29 is 0 Å². The quantitative estimate of drug-likeness (QED) is 0.828. The van der Waals surface area contributed by atoms with Crippen LogP contribution in [0.25, 0.3) is 0 Å². The van der Waals surface area contributed by atoms with Gasteiger partial charge in [-0.25, -0.2) is 0 Å². The lowest BCUT2D eigenvalue weighted by molar-refractivity contribution is 0.415. The van der Waals surface area contributed by atoms with Gasteiger partial charge in [-0.3, -0.25) is 0 Å². The van der Waals surface area contributed by atoms with Crippen LogP contribution in [0.15, 0.2) is 30.3 Å². The lowest BCUT2D eigenvalue weighted by atomic mass is 9.87. The highest BCUT2D eigenvalue weighted by atomic mass is 32.1. The number of hydrogen-bond donors (Lipinski definition) is 1. The van der Waals surface area contributed by atoms with Gasteiger partial charge in [0.25, 0.3) is 0 Å². The molecule has 2 aromatic rings. The second kappa shape index (κ2) is 5.71. The summed E-state index contributed by atoms with van der Waals surface area (Å²) in [6.07, 6.45) is 3.78. The van der Waals surface area contributed by atoms with Crippen LogP contribution in [-0.2, 0) is 6.42 Å². The third-order valence-electron chi connectivity index (χ3n) is 4.37. The van der Waals surface area contributed by atoms with E-state index < -0.39 is 0 Å². The Bertz CT molecular complexity index is 599. The van der Waals surface area contributed by atoms with Crippen molar-refractivity contribution in [2.24, 2.45) is 0 Å². The van der Waals surface area contributed by atoms with Gasteiger partial charge in [0, 0.05) is 21.8 Å². The molecule has 1 aliphatic carbocycles. The highest BCUT2D eigenvalue weighted by Crippen LogP contribution is 2.33. The maximum atomic E-state index is 3.85. The zero-order chi connectivity index (χ0) is 14.1. The van der Waals surface area contributed by atoms with Crippen LogP contribution in [-0.4, -0.2) is 0 Å². The molecule has 0 amide bonds. The van der Waals surface area contributed by atoms with E-state index in [-0.39, 0.29) is 0 Å². The van der Waals surface area contributed by atoms with E-state index in [0.29, 0.717) is 12.1 Å². The molecule has 2 unspecified atom stereocenters. The Morgan fingerprint density at radius 3 is 2.80 bits per heavy atom. The number of fused-ring (bicyclic) bond motifs is 1. The van der Waals surface area contributed by atoms with Gasteiger partial charge in [0.05, 0.1) is 0 Å². The molecule has 0 aliphatic heterocycles. The molecular weight excluding hydrogens is 262 g/mol. The van der Waals surface area contributed by atoms with Crippen LogP contribution in [0.5, 0.6) is 0 Å². The van der Waals surface area contributed by atoms with E-state index in [0.717, 1.165) is 0 Å². The number of benzene rings is 1. The third-order valence-corrected chi connectivity index (χ3v) is 5.35. The van der Waals surface area contributed by atoms with Gasteiger partial charge in [-0.2, -0.15) is 0 Å². The first kappa shape index (κ1) is 13.8. The summed E-state index contributed by atoms with van der Waals surface area (Å²) in [5.41, 5.74) is 4.51. The minimum absolute atomic E-state index is 0.427. The summed E-state index contributed by atoms with van der Waals surface area (Å²) >= 11 is 1.91. The Morgan fingerprint density at radius 1 is 1.25 bits per heavy atom. The van der Waals surface area contributed by atoms with Crippen LogP contribution in [0.3, 0.4) is 0 Å². The van der Waals surface area contributed by atoms with Crippen molar-refractivity contribution >= 4 is 11.3 Å². The Labute approximate surface area is 126 Å². The molecule has 0 fully saturated rings. The normalized spacial score (nSPS) is 19.6. The maximum absolute atomic E-state index is 3.85. The van der Waals surface area contributed by atoms with Gasteiger partial charge in [0.15, 0.2) is 0 Å². The van der Waals surface area contributed by atoms with Gasteiger partial charge >= 0.3 is 0 Å². The standard InChI is InChI=1S/C18H23NS/c1-12-11-17(14(3)20-12)13(2)19-18-10-6-8-15-7-4-5-9-16(15)18/h4-5,7,9,11,13,18-19H,6,8,10H2,1-3H3. The Kier molecular flexibility index (Phi) is 3.95. The van der Waals surface area contributed by atoms with Gasteiger partial charge in [0.2, 0.25) is 0 Å². The Balaban J connectivity index is 1.80. The average Bonchev–Trinajstić information content (AvgIpc) is 2.78. The van der Waals surface area contributed by atoms with Crippen LogP contribution < -0.4 is 5.32 Å². The molecule has 20 heavy (non-hydrogen) atoms. The first-order valence-electron chi connectivity index (χ1n) is 7.56. The molecule has 0 saturated carbocycles. The van der Waals surface area contributed by atoms with Crippen LogP contribution >= 0.6 is 11.3 Å². The SMILES string of the molecule is Cc1cc(C(C)NC2CCCc3ccccc32)c(C)s1. The monoisotopic (exact) mass is 285 g/mol. The zero-order valence-electron chi connectivity index (χ0n) is 12.6. The van der Waals surface area contributed by atoms with Crippen molar-refractivity contribution in [1.82, 2.24) is 5.32 Å². The second-order valence-electron chi connectivity index (χ2n) is 5.90. The summed E-state index contributed by atoms with van der Waals surface area (Å²) in [6.45, 7) is 6.73. The Morgan fingerprint density at radius 2 is 2.05 bits per heavy atom. The van der Waals surface area contributed by atoms with E-state index in [2.05, 4.69) is 56.4 Å². The number of aryl methyl sites for hydroxylation is 3. The molecule has 0 saturated heterocycles. The number of nitrogens with one attached hydrogen (secondary N) is 1. The van der Waals surface area contributed by atoms with E-state index >= 15 is 0 Å². The fraction of sp³-hybridized carbons (Fsp3) is 0.444. The lowest BCUT2D eigenvalue weighted by Gasteiger charge is -2.29. The van der Waals surface area contributed by atoms with Crippen molar-refractivity contribution in [3.8, 4) is 0 Å². The molecular formula is C18H23NS. The zero-order valence-corrected chi connectivity index (χ0v) is 13.4. The highest BCUT2D eigenvalue weighted by Gasteiger charge is 2.22. The largest absolute Gasteiger partial charge is 0.303 e. The predicted octanol–water partition coefficient (Wildman–Crippen LogP) is 5.09. The van der Waals surface area contributed by atoms with Gasteiger partial charge in [0.1, 0.15) is 0 Å². The lowest BCUT2D eigenvalue weighted by Crippen LogP contribution is -2.27. The van der Waals surface area contributed by atoms with Crippen molar-refractivity contribution in [3.63, 3.8) is 0 Å². The van der Waals surface area contributed by atoms with Crippen LogP contribution in [0.1, 0.15) is 58.3 Å². The smallest absolute Gasteiger partial charge is 0.0328 e. The van der Waals surface area contributed by atoms with Gasteiger partial charge in [-0.05, 0) is 62.8 Å². The summed E-state index contributed by atoms with van der Waals surface area (Å²) < 4.78 is 0. The number of hydrogen-bond acceptors (Lipinski definition) is 2. The fourth-order valence-corrected chi connectivity index (χ4v) is 4.42. The number of rotatable bonds is 3. The molecule has 1 heterocycles. The maximum Gasteiger partial charge on any atom is 0.0328 e. The van der Waals surface area contributed by atoms with E-state index in [4.69, 9.17) is 0 Å². The van der Waals surface area contributed by atoms with Crippen molar-refractivity contribution in [3.05, 3.63) is 56.8 Å². The summed E-state index contributed by atoms with van der Waals surface area (Å²) in [4.78, 5) is 2.86. The Hall–Kier alpha value is -1.12. The molecule has 0 spiro atoms. The molecule has 1 aromatic carbocycles. The highest BCUT2D eigenvalue weighted by molar-refractivity contribution is 7.12. The predicted molar refractivity (Wildman–Crippen MR) is 87.5 cm³/mol. The van der Waals surface area contributed by atoms with Crippen molar-refractivity contribution in [2.45, 2.75) is 52.1 Å². The molecule has 0 radical (unpaired) electrons. The van der Waals surface area contributed by atoms with E-state index in [1.165, 1.54) is 45.7 Å². The van der Waals surface area contributed by atoms with E-state index in [1.807, 2.05) is 11.3 Å². The van der Waals surface area contributed by atoms with Crippen molar-refractivity contribution in [2.75, 3.05) is 0 Å². The molecule has 2 atom stereocenters. The topological polar surface area (TPSA) is 12.0 Å². The van der Waals surface area contributed by atoms with Crippen LogP contribution in [0.4, 0.5) is 0 Å². The number of thiophene rings is 1. The summed E-state index contributed by atoms with van der Waals surface area (Å²) in [5.74, 6) is 0. The molecule has 1 aromatic heterocycles. The van der Waals surface area contributed by atoms with Gasteiger partial charge in [-0.15, -0.1) is 11.3 Å². The van der Waals surface area contributed by atoms with Crippen molar-refractivity contribution in [1.29, 1.82) is 0 Å². The average molecular weight is 285 g/mol. The van der Waals surface area contributed by atoms with Crippen LogP contribution in [0.2, 0.25) is 0 Å². The molecule has 1 N–H and O–H groups in total. The minimum Gasteiger partial charge on any atom is -0.303 e. The molecule has 0 bridgehead atoms. The molecule has 1 aliphatic rings. The van der Waals surface area contributed by atoms with E-state index in [9.17, 15) is 0 Å². The van der Waals surface area contributed by atoms with Gasteiger partial charge < -0.3 is 5.32 Å². The second-order valence-corrected chi connectivity index (χ2v) is 7.36. The van der Waals surface area contributed by atoms with Gasteiger partial charge in [-0.1, -0.05) is 24.3 Å². The first-order chi connectivity index (χ1) is 9.65. The fourth-order valence-electron chi connectivity index (χ4n) is 3.40. The molecule has 1 nitrogen and oxygen atoms in total. The first-order valence-corrected chi connectivity index (χ1v) is 8.37. The molecule has 106 valence electrons. The third kappa shape index (κ3) is 2.68. The minimum atomic E-state index is 0.427. The van der Waals surface area contributed by atoms with E-state index in [1.54, 1.807) is 0 Å². The summed E-state index contributed by atoms with van der Waals surface area (Å²) in [7, 11) is 0. The van der Waals surface area contributed by atoms with Crippen LogP contribution in [0, 0.1) is 13.8 Å². The summed E-state index contributed by atoms with van der Waals surface area (Å²) in [5, 5.41) is 3.85. The molecule has 2 heteroatoms. The molecule has 3 rings (SSSR count).